The van der Waals surface area contributed by atoms with Crippen LogP contribution in [0, 0.1) is 5.82 Å². The van der Waals surface area contributed by atoms with Crippen molar-refractivity contribution in [1.82, 2.24) is 9.97 Å². The van der Waals surface area contributed by atoms with Crippen LogP contribution in [0.15, 0.2) is 42.5 Å². The molecule has 0 saturated heterocycles. The van der Waals surface area contributed by atoms with Crippen molar-refractivity contribution in [2.24, 2.45) is 0 Å². The second-order valence-electron chi connectivity index (χ2n) is 4.33. The Kier molecular flexibility index (Phi) is 3.58. The van der Waals surface area contributed by atoms with Crippen LogP contribution >= 0.6 is 11.6 Å². The van der Waals surface area contributed by atoms with Crippen LogP contribution in [0.3, 0.4) is 0 Å². The Morgan fingerprint density at radius 3 is 2.76 bits per heavy atom. The summed E-state index contributed by atoms with van der Waals surface area (Å²) in [7, 11) is 1.52. The average molecular weight is 304 g/mol. The lowest BCUT2D eigenvalue weighted by atomic mass is 10.2. The Balaban J connectivity index is 2.09. The van der Waals surface area contributed by atoms with Crippen LogP contribution in [0.4, 0.5) is 15.9 Å². The molecule has 4 nitrogen and oxygen atoms in total. The largest absolute Gasteiger partial charge is 0.497 e. The summed E-state index contributed by atoms with van der Waals surface area (Å²) in [6, 6.07) is 11.8. The summed E-state index contributed by atoms with van der Waals surface area (Å²) in [5.41, 5.74) is 0.942. The molecule has 6 heteroatoms. The molecule has 21 heavy (non-hydrogen) atoms. The van der Waals surface area contributed by atoms with E-state index in [1.165, 1.54) is 13.2 Å². The molecule has 1 N–H and O–H groups in total. The van der Waals surface area contributed by atoms with Gasteiger partial charge in [0.25, 0.3) is 0 Å². The SMILES string of the molecule is COc1ccc(F)c(Nc2nc(Cl)nc3ccccc23)c1. The molecule has 0 spiro atoms. The minimum atomic E-state index is -0.408. The highest BCUT2D eigenvalue weighted by atomic mass is 35.5. The van der Waals surface area contributed by atoms with Gasteiger partial charge in [-0.15, -0.1) is 0 Å². The van der Waals surface area contributed by atoms with E-state index in [-0.39, 0.29) is 11.0 Å². The van der Waals surface area contributed by atoms with E-state index in [0.29, 0.717) is 17.1 Å². The molecule has 0 aliphatic heterocycles. The van der Waals surface area contributed by atoms with Crippen molar-refractivity contribution >= 4 is 34.0 Å². The molecule has 106 valence electrons. The van der Waals surface area contributed by atoms with Crippen molar-refractivity contribution in [3.63, 3.8) is 0 Å². The number of nitrogens with one attached hydrogen (secondary N) is 1. The molecule has 0 saturated carbocycles. The third-order valence-corrected chi connectivity index (χ3v) is 3.17. The molecule has 0 aliphatic carbocycles. The van der Waals surface area contributed by atoms with Crippen LogP contribution in [0.2, 0.25) is 5.28 Å². The lowest BCUT2D eigenvalue weighted by Gasteiger charge is -2.11. The molecular formula is C15H11ClFN3O. The lowest BCUT2D eigenvalue weighted by molar-refractivity contribution is 0.414. The minimum Gasteiger partial charge on any atom is -0.497 e. The highest BCUT2D eigenvalue weighted by Crippen LogP contribution is 2.28. The van der Waals surface area contributed by atoms with E-state index in [4.69, 9.17) is 16.3 Å². The Labute approximate surface area is 125 Å². The zero-order chi connectivity index (χ0) is 14.8. The molecule has 1 heterocycles. The van der Waals surface area contributed by atoms with Gasteiger partial charge in [0.2, 0.25) is 5.28 Å². The van der Waals surface area contributed by atoms with Crippen molar-refractivity contribution in [1.29, 1.82) is 0 Å². The molecular weight excluding hydrogens is 293 g/mol. The maximum Gasteiger partial charge on any atom is 0.224 e. The molecule has 0 bridgehead atoms. The zero-order valence-corrected chi connectivity index (χ0v) is 11.9. The van der Waals surface area contributed by atoms with Crippen LogP contribution in [-0.4, -0.2) is 17.1 Å². The maximum absolute atomic E-state index is 13.9. The van der Waals surface area contributed by atoms with Gasteiger partial charge in [-0.3, -0.25) is 0 Å². The van der Waals surface area contributed by atoms with E-state index < -0.39 is 5.82 Å². The predicted molar refractivity (Wildman–Crippen MR) is 80.8 cm³/mol. The maximum atomic E-state index is 13.9. The van der Waals surface area contributed by atoms with Crippen molar-refractivity contribution in [2.45, 2.75) is 0 Å². The second kappa shape index (κ2) is 5.54. The molecule has 0 fully saturated rings. The first-order valence-electron chi connectivity index (χ1n) is 6.20. The van der Waals surface area contributed by atoms with Crippen molar-refractivity contribution in [3.8, 4) is 5.75 Å². The number of methoxy groups -OCH3 is 1. The average Bonchev–Trinajstić information content (AvgIpc) is 2.49. The number of halogens is 2. The van der Waals surface area contributed by atoms with Crippen LogP contribution in [0.1, 0.15) is 0 Å². The fourth-order valence-electron chi connectivity index (χ4n) is 2.00. The van der Waals surface area contributed by atoms with Gasteiger partial charge in [0.05, 0.1) is 18.3 Å². The van der Waals surface area contributed by atoms with Gasteiger partial charge in [-0.25, -0.2) is 9.37 Å². The quantitative estimate of drug-likeness (QED) is 0.738. The fraction of sp³-hybridized carbons (Fsp3) is 0.0667. The molecule has 1 aromatic heterocycles. The third kappa shape index (κ3) is 2.73. The summed E-state index contributed by atoms with van der Waals surface area (Å²) in [5.74, 6) is 0.579. The number of hydrogen-bond acceptors (Lipinski definition) is 4. The summed E-state index contributed by atoms with van der Waals surface area (Å²) in [6.45, 7) is 0. The molecule has 2 aromatic carbocycles. The van der Waals surface area contributed by atoms with Crippen molar-refractivity contribution < 1.29 is 9.13 Å². The van der Waals surface area contributed by atoms with Gasteiger partial charge >= 0.3 is 0 Å². The highest BCUT2D eigenvalue weighted by Gasteiger charge is 2.10. The zero-order valence-electron chi connectivity index (χ0n) is 11.1. The standard InChI is InChI=1S/C15H11ClFN3O/c1-21-9-6-7-11(17)13(8-9)18-14-10-4-2-3-5-12(10)19-15(16)20-14/h2-8H,1H3,(H,18,19,20). The third-order valence-electron chi connectivity index (χ3n) is 3.00. The topological polar surface area (TPSA) is 47.0 Å². The van der Waals surface area contributed by atoms with E-state index in [9.17, 15) is 4.39 Å². The van der Waals surface area contributed by atoms with Gasteiger partial charge in [-0.1, -0.05) is 12.1 Å². The van der Waals surface area contributed by atoms with Gasteiger partial charge < -0.3 is 10.1 Å². The van der Waals surface area contributed by atoms with Crippen LogP contribution in [0.25, 0.3) is 10.9 Å². The van der Waals surface area contributed by atoms with E-state index >= 15 is 0 Å². The summed E-state index contributed by atoms with van der Waals surface area (Å²) in [4.78, 5) is 8.26. The van der Waals surface area contributed by atoms with Gasteiger partial charge in [0, 0.05) is 11.5 Å². The summed E-state index contributed by atoms with van der Waals surface area (Å²) in [5, 5.41) is 3.79. The van der Waals surface area contributed by atoms with E-state index in [2.05, 4.69) is 15.3 Å². The molecule has 0 amide bonds. The van der Waals surface area contributed by atoms with Gasteiger partial charge in [-0.2, -0.15) is 4.98 Å². The van der Waals surface area contributed by atoms with Gasteiger partial charge in [0.15, 0.2) is 0 Å². The minimum absolute atomic E-state index is 0.0968. The number of benzene rings is 2. The van der Waals surface area contributed by atoms with Crippen molar-refractivity contribution in [3.05, 3.63) is 53.6 Å². The first kappa shape index (κ1) is 13.6. The molecule has 3 rings (SSSR count). The number of nitrogens with zero attached hydrogens (tertiary/aromatic N) is 2. The van der Waals surface area contributed by atoms with Crippen LogP contribution in [-0.2, 0) is 0 Å². The lowest BCUT2D eigenvalue weighted by Crippen LogP contribution is -1.99. The first-order chi connectivity index (χ1) is 10.2. The van der Waals surface area contributed by atoms with Crippen molar-refractivity contribution in [2.75, 3.05) is 12.4 Å². The van der Waals surface area contributed by atoms with E-state index in [0.717, 1.165) is 5.39 Å². The summed E-state index contributed by atoms with van der Waals surface area (Å²) < 4.78 is 19.0. The smallest absolute Gasteiger partial charge is 0.224 e. The molecule has 0 radical (unpaired) electrons. The number of anilines is 2. The highest BCUT2D eigenvalue weighted by molar-refractivity contribution is 6.28. The Morgan fingerprint density at radius 2 is 1.95 bits per heavy atom. The Morgan fingerprint density at radius 1 is 1.14 bits per heavy atom. The number of rotatable bonds is 3. The summed E-state index contributed by atoms with van der Waals surface area (Å²) >= 11 is 5.91. The van der Waals surface area contributed by atoms with E-state index in [1.54, 1.807) is 12.1 Å². The Bertz CT molecular complexity index is 810. The van der Waals surface area contributed by atoms with E-state index in [1.807, 2.05) is 24.3 Å². The molecule has 3 aromatic rings. The number of aromatic nitrogens is 2. The number of fused-ring (bicyclic) bond motifs is 1. The molecule has 0 atom stereocenters. The normalized spacial score (nSPS) is 10.6. The van der Waals surface area contributed by atoms with Gasteiger partial charge in [-0.05, 0) is 35.9 Å². The summed E-state index contributed by atoms with van der Waals surface area (Å²) in [6.07, 6.45) is 0. The first-order valence-corrected chi connectivity index (χ1v) is 6.58. The second-order valence-corrected chi connectivity index (χ2v) is 4.67. The Hall–Kier alpha value is -2.40. The fourth-order valence-corrected chi connectivity index (χ4v) is 2.17. The molecule has 0 unspecified atom stereocenters. The van der Waals surface area contributed by atoms with Gasteiger partial charge in [0.1, 0.15) is 17.4 Å². The number of ether oxygens (including phenoxy) is 1. The van der Waals surface area contributed by atoms with Crippen LogP contribution < -0.4 is 10.1 Å². The number of para-hydroxylation sites is 1. The van der Waals surface area contributed by atoms with Crippen LogP contribution in [0.5, 0.6) is 5.75 Å². The number of hydrogen-bond donors (Lipinski definition) is 1. The predicted octanol–water partition coefficient (Wildman–Crippen LogP) is 4.17. The molecule has 0 aliphatic rings. The monoisotopic (exact) mass is 303 g/mol.